The van der Waals surface area contributed by atoms with E-state index < -0.39 is 11.9 Å². The lowest BCUT2D eigenvalue weighted by atomic mass is 10.2. The fourth-order valence-electron chi connectivity index (χ4n) is 0.986. The molecule has 1 unspecified atom stereocenters. The van der Waals surface area contributed by atoms with E-state index in [0.717, 1.165) is 6.08 Å². The molecule has 0 aromatic heterocycles. The summed E-state index contributed by atoms with van der Waals surface area (Å²) in [6.07, 6.45) is 2.62. The number of carboxylic acids is 1. The van der Waals surface area contributed by atoms with Crippen molar-refractivity contribution in [3.8, 4) is 0 Å². The van der Waals surface area contributed by atoms with E-state index >= 15 is 0 Å². The quantitative estimate of drug-likeness (QED) is 0.429. The van der Waals surface area contributed by atoms with E-state index in [9.17, 15) is 14.4 Å². The number of carbonyl (C=O) groups excluding carboxylic acids is 2. The van der Waals surface area contributed by atoms with Gasteiger partial charge in [0.05, 0.1) is 13.7 Å². The van der Waals surface area contributed by atoms with Crippen LogP contribution in [-0.2, 0) is 28.6 Å². The summed E-state index contributed by atoms with van der Waals surface area (Å²) in [5, 5.41) is 8.19. The number of methoxy groups -OCH3 is 1. The first-order valence-corrected chi connectivity index (χ1v) is 6.37. The van der Waals surface area contributed by atoms with Gasteiger partial charge >= 0.3 is 17.9 Å². The fraction of sp³-hybridized carbons (Fsp3) is 0.400. The smallest absolute Gasteiger partial charge is 0.333 e. The summed E-state index contributed by atoms with van der Waals surface area (Å²) in [4.78, 5) is 31.4. The molecule has 1 atom stereocenters. The zero-order chi connectivity index (χ0) is 17.1. The molecule has 7 heteroatoms. The molecule has 1 N–H and O–H groups in total. The zero-order valence-corrected chi connectivity index (χ0v) is 12.7. The number of ether oxygens (including phenoxy) is 3. The molecule has 0 spiro atoms. The van der Waals surface area contributed by atoms with Gasteiger partial charge in [0.15, 0.2) is 0 Å². The molecule has 1 saturated heterocycles. The van der Waals surface area contributed by atoms with Gasteiger partial charge in [-0.05, 0) is 13.3 Å². The third kappa shape index (κ3) is 10.4. The van der Waals surface area contributed by atoms with Gasteiger partial charge in [-0.2, -0.15) is 0 Å². The largest absolute Gasteiger partial charge is 0.478 e. The molecular formula is C15H20O7. The predicted octanol–water partition coefficient (Wildman–Crippen LogP) is 1.25. The molecule has 1 aliphatic heterocycles. The summed E-state index contributed by atoms with van der Waals surface area (Å²) in [5.74, 6) is -1.91. The summed E-state index contributed by atoms with van der Waals surface area (Å²) in [6.45, 7) is 9.54. The highest BCUT2D eigenvalue weighted by molar-refractivity contribution is 5.88. The highest BCUT2D eigenvalue weighted by Crippen LogP contribution is 2.09. The Morgan fingerprint density at radius 2 is 1.91 bits per heavy atom. The number of esters is 2. The van der Waals surface area contributed by atoms with Crippen LogP contribution in [0, 0.1) is 0 Å². The first-order chi connectivity index (χ1) is 10.3. The van der Waals surface area contributed by atoms with Crippen LogP contribution in [0.4, 0.5) is 0 Å². The average molecular weight is 312 g/mol. The molecule has 0 aromatic rings. The van der Waals surface area contributed by atoms with Gasteiger partial charge in [0, 0.05) is 17.2 Å². The van der Waals surface area contributed by atoms with Crippen molar-refractivity contribution in [3.63, 3.8) is 0 Å². The van der Waals surface area contributed by atoms with Gasteiger partial charge in [-0.1, -0.05) is 19.2 Å². The van der Waals surface area contributed by atoms with Crippen molar-refractivity contribution in [2.45, 2.75) is 19.4 Å². The van der Waals surface area contributed by atoms with Crippen LogP contribution >= 0.6 is 0 Å². The number of allylic oxidation sites excluding steroid dienone is 1. The maximum absolute atomic E-state index is 10.7. The molecule has 122 valence electrons. The molecule has 1 fully saturated rings. The molecule has 0 amide bonds. The van der Waals surface area contributed by atoms with E-state index in [0.29, 0.717) is 18.8 Å². The minimum absolute atomic E-state index is 0.142. The SMILES string of the molecule is C=C(C)C(=O)OCC1CO1.C=C(CC=CC(=O)O)C(=O)OC. The van der Waals surface area contributed by atoms with Crippen LogP contribution in [0.3, 0.4) is 0 Å². The van der Waals surface area contributed by atoms with Crippen molar-refractivity contribution in [2.24, 2.45) is 0 Å². The Morgan fingerprint density at radius 1 is 1.32 bits per heavy atom. The third-order valence-electron chi connectivity index (χ3n) is 2.25. The number of epoxide rings is 1. The van der Waals surface area contributed by atoms with Gasteiger partial charge in [-0.3, -0.25) is 0 Å². The molecule has 0 aromatic carbocycles. The summed E-state index contributed by atoms with van der Waals surface area (Å²) >= 11 is 0. The van der Waals surface area contributed by atoms with E-state index in [2.05, 4.69) is 17.9 Å². The molecule has 0 aliphatic carbocycles. The fourth-order valence-corrected chi connectivity index (χ4v) is 0.986. The first kappa shape index (κ1) is 19.6. The van der Waals surface area contributed by atoms with Gasteiger partial charge in [-0.25, -0.2) is 14.4 Å². The lowest BCUT2D eigenvalue weighted by Crippen LogP contribution is -2.09. The maximum atomic E-state index is 10.7. The predicted molar refractivity (Wildman–Crippen MR) is 78.1 cm³/mol. The highest BCUT2D eigenvalue weighted by Gasteiger charge is 2.24. The van der Waals surface area contributed by atoms with Crippen LogP contribution < -0.4 is 0 Å². The first-order valence-electron chi connectivity index (χ1n) is 6.37. The van der Waals surface area contributed by atoms with Crippen molar-refractivity contribution in [2.75, 3.05) is 20.3 Å². The van der Waals surface area contributed by atoms with Crippen LogP contribution in [-0.4, -0.2) is 49.4 Å². The lowest BCUT2D eigenvalue weighted by Gasteiger charge is -1.99. The van der Waals surface area contributed by atoms with Crippen molar-refractivity contribution in [1.29, 1.82) is 0 Å². The van der Waals surface area contributed by atoms with Crippen LogP contribution in [0.1, 0.15) is 13.3 Å². The van der Waals surface area contributed by atoms with E-state index in [-0.39, 0.29) is 24.1 Å². The Hall–Kier alpha value is -2.41. The normalized spacial score (nSPS) is 15.3. The highest BCUT2D eigenvalue weighted by atomic mass is 16.6. The molecule has 7 nitrogen and oxygen atoms in total. The standard InChI is InChI=1S/C8H10O4.C7H10O3/c1-6(8(11)12-2)4-3-5-7(9)10;1-5(2)7(8)10-4-6-3-9-6/h3,5H,1,4H2,2H3,(H,9,10);6H,1,3-4H2,2H3. The topological polar surface area (TPSA) is 102 Å². The second-order valence-corrected chi connectivity index (χ2v) is 4.37. The van der Waals surface area contributed by atoms with Crippen molar-refractivity contribution < 1.29 is 33.7 Å². The number of aliphatic carboxylic acids is 1. The minimum atomic E-state index is -1.05. The lowest BCUT2D eigenvalue weighted by molar-refractivity contribution is -0.139. The monoisotopic (exact) mass is 312 g/mol. The van der Waals surface area contributed by atoms with Gasteiger partial charge < -0.3 is 19.3 Å². The molecule has 0 bridgehead atoms. The molecule has 0 saturated carbocycles. The summed E-state index contributed by atoms with van der Waals surface area (Å²) in [5.41, 5.74) is 0.663. The van der Waals surface area contributed by atoms with E-state index in [1.54, 1.807) is 6.92 Å². The molecule has 22 heavy (non-hydrogen) atoms. The minimum Gasteiger partial charge on any atom is -0.478 e. The van der Waals surface area contributed by atoms with Crippen molar-refractivity contribution in [1.82, 2.24) is 0 Å². The van der Waals surface area contributed by atoms with Crippen LogP contribution in [0.15, 0.2) is 36.5 Å². The molecule has 1 rings (SSSR count). The van der Waals surface area contributed by atoms with E-state index in [1.165, 1.54) is 13.2 Å². The van der Waals surface area contributed by atoms with Gasteiger partial charge in [-0.15, -0.1) is 0 Å². The Balaban J connectivity index is 0.000000406. The Bertz CT molecular complexity index is 472. The molecular weight excluding hydrogens is 292 g/mol. The number of carbonyl (C=O) groups is 3. The zero-order valence-electron chi connectivity index (χ0n) is 12.7. The van der Waals surface area contributed by atoms with Crippen LogP contribution in [0.25, 0.3) is 0 Å². The summed E-state index contributed by atoms with van der Waals surface area (Å²) in [6, 6.07) is 0. The molecule has 1 aliphatic rings. The maximum Gasteiger partial charge on any atom is 0.333 e. The number of rotatable bonds is 7. The second-order valence-electron chi connectivity index (χ2n) is 4.37. The molecule has 0 radical (unpaired) electrons. The third-order valence-corrected chi connectivity index (χ3v) is 2.25. The Kier molecular flexibility index (Phi) is 9.20. The van der Waals surface area contributed by atoms with E-state index in [1.807, 2.05) is 0 Å². The molecule has 1 heterocycles. The Morgan fingerprint density at radius 3 is 2.32 bits per heavy atom. The number of carboxylic acid groups (broad SMARTS) is 1. The van der Waals surface area contributed by atoms with E-state index in [4.69, 9.17) is 14.6 Å². The Labute approximate surface area is 128 Å². The number of hydrogen-bond donors (Lipinski definition) is 1. The van der Waals surface area contributed by atoms with Crippen molar-refractivity contribution in [3.05, 3.63) is 36.5 Å². The van der Waals surface area contributed by atoms with Crippen molar-refractivity contribution >= 4 is 17.9 Å². The summed E-state index contributed by atoms with van der Waals surface area (Å²) in [7, 11) is 1.24. The average Bonchev–Trinajstić information content (AvgIpc) is 3.28. The van der Waals surface area contributed by atoms with Gasteiger partial charge in [0.1, 0.15) is 12.7 Å². The number of hydrogen-bond acceptors (Lipinski definition) is 6. The van der Waals surface area contributed by atoms with Crippen LogP contribution in [0.5, 0.6) is 0 Å². The summed E-state index contributed by atoms with van der Waals surface area (Å²) < 4.78 is 13.9. The second kappa shape index (κ2) is 10.3. The van der Waals surface area contributed by atoms with Gasteiger partial charge in [0.2, 0.25) is 0 Å². The van der Waals surface area contributed by atoms with Gasteiger partial charge in [0.25, 0.3) is 0 Å². The van der Waals surface area contributed by atoms with Crippen LogP contribution in [0.2, 0.25) is 0 Å².